The SMILES string of the molecule is O=C(NCc1ccccc1)C1(C(c2ccccc2)[N+](=O)[O-])Cc2ccccc2C1=O. The third kappa shape index (κ3) is 3.26. The van der Waals surface area contributed by atoms with Crippen molar-refractivity contribution < 1.29 is 14.5 Å². The highest BCUT2D eigenvalue weighted by Gasteiger charge is 2.62. The van der Waals surface area contributed by atoms with Crippen LogP contribution in [0.25, 0.3) is 0 Å². The summed E-state index contributed by atoms with van der Waals surface area (Å²) in [6, 6.07) is 22.9. The van der Waals surface area contributed by atoms with Crippen molar-refractivity contribution in [2.24, 2.45) is 5.41 Å². The zero-order valence-corrected chi connectivity index (χ0v) is 16.2. The molecule has 6 heteroatoms. The summed E-state index contributed by atoms with van der Waals surface area (Å²) in [5, 5.41) is 15.0. The Labute approximate surface area is 173 Å². The fraction of sp³-hybridized carbons (Fsp3) is 0.167. The van der Waals surface area contributed by atoms with Gasteiger partial charge in [-0.1, -0.05) is 84.9 Å². The van der Waals surface area contributed by atoms with Crippen LogP contribution in [0.4, 0.5) is 0 Å². The summed E-state index contributed by atoms with van der Waals surface area (Å²) in [4.78, 5) is 38.8. The highest BCUT2D eigenvalue weighted by atomic mass is 16.6. The second-order valence-electron chi connectivity index (χ2n) is 7.40. The Bertz CT molecular complexity index is 1100. The van der Waals surface area contributed by atoms with E-state index in [2.05, 4.69) is 5.32 Å². The first kappa shape index (κ1) is 19.5. The smallest absolute Gasteiger partial charge is 0.260 e. The topological polar surface area (TPSA) is 89.3 Å². The molecule has 1 N–H and O–H groups in total. The number of Topliss-reactive ketones (excluding diaryl/α,β-unsaturated/α-hetero) is 1. The maximum absolute atomic E-state index is 13.5. The highest BCUT2D eigenvalue weighted by Crippen LogP contribution is 2.47. The molecule has 4 rings (SSSR count). The molecule has 0 spiro atoms. The van der Waals surface area contributed by atoms with Crippen LogP contribution in [0.3, 0.4) is 0 Å². The summed E-state index contributed by atoms with van der Waals surface area (Å²) in [5.41, 5.74) is 0.360. The number of ketones is 1. The van der Waals surface area contributed by atoms with Gasteiger partial charge in [0.15, 0.2) is 11.2 Å². The predicted octanol–water partition coefficient (Wildman–Crippen LogP) is 3.75. The van der Waals surface area contributed by atoms with Crippen LogP contribution in [-0.4, -0.2) is 16.6 Å². The average molecular weight is 400 g/mol. The molecule has 0 radical (unpaired) electrons. The molecule has 0 aliphatic heterocycles. The van der Waals surface area contributed by atoms with Crippen LogP contribution in [0.2, 0.25) is 0 Å². The van der Waals surface area contributed by atoms with Crippen molar-refractivity contribution in [3.05, 3.63) is 117 Å². The summed E-state index contributed by atoms with van der Waals surface area (Å²) in [6.45, 7) is 0.185. The van der Waals surface area contributed by atoms with Gasteiger partial charge in [-0.15, -0.1) is 0 Å². The Balaban J connectivity index is 1.79. The lowest BCUT2D eigenvalue weighted by Gasteiger charge is -2.29. The van der Waals surface area contributed by atoms with Crippen LogP contribution in [-0.2, 0) is 17.8 Å². The van der Waals surface area contributed by atoms with Gasteiger partial charge < -0.3 is 5.32 Å². The second kappa shape index (κ2) is 7.91. The molecule has 0 bridgehead atoms. The molecule has 2 unspecified atom stereocenters. The summed E-state index contributed by atoms with van der Waals surface area (Å²) in [7, 11) is 0. The Morgan fingerprint density at radius 3 is 2.20 bits per heavy atom. The van der Waals surface area contributed by atoms with Gasteiger partial charge in [-0.2, -0.15) is 0 Å². The van der Waals surface area contributed by atoms with Gasteiger partial charge in [0.2, 0.25) is 5.91 Å². The Morgan fingerprint density at radius 1 is 0.967 bits per heavy atom. The van der Waals surface area contributed by atoms with Crippen molar-refractivity contribution >= 4 is 11.7 Å². The standard InChI is InChI=1S/C24H20N2O4/c27-22-20-14-8-7-13-19(20)15-24(22,21(26(29)30)18-11-5-2-6-12-18)23(28)25-16-17-9-3-1-4-10-17/h1-14,21H,15-16H2,(H,25,28). The monoisotopic (exact) mass is 400 g/mol. The first-order valence-electron chi connectivity index (χ1n) is 9.67. The minimum atomic E-state index is -1.84. The van der Waals surface area contributed by atoms with Gasteiger partial charge in [0, 0.05) is 29.0 Å². The van der Waals surface area contributed by atoms with E-state index in [9.17, 15) is 19.7 Å². The average Bonchev–Trinajstić information content (AvgIpc) is 3.07. The van der Waals surface area contributed by atoms with Crippen LogP contribution < -0.4 is 5.32 Å². The zero-order chi connectivity index (χ0) is 21.1. The number of nitrogens with zero attached hydrogens (tertiary/aromatic N) is 1. The van der Waals surface area contributed by atoms with E-state index < -0.39 is 28.1 Å². The van der Waals surface area contributed by atoms with E-state index in [0.717, 1.165) is 5.56 Å². The zero-order valence-electron chi connectivity index (χ0n) is 16.2. The summed E-state index contributed by atoms with van der Waals surface area (Å²) in [5.74, 6) is -1.13. The molecule has 1 aliphatic rings. The number of carbonyl (C=O) groups is 2. The molecule has 1 aliphatic carbocycles. The van der Waals surface area contributed by atoms with Gasteiger partial charge in [-0.3, -0.25) is 19.7 Å². The van der Waals surface area contributed by atoms with Crippen LogP contribution >= 0.6 is 0 Å². The molecule has 0 heterocycles. The summed E-state index contributed by atoms with van der Waals surface area (Å²) < 4.78 is 0. The largest absolute Gasteiger partial charge is 0.351 e. The van der Waals surface area contributed by atoms with E-state index in [-0.39, 0.29) is 13.0 Å². The summed E-state index contributed by atoms with van der Waals surface area (Å²) in [6.07, 6.45) is -0.0107. The lowest BCUT2D eigenvalue weighted by molar-refractivity contribution is -0.541. The number of nitrogens with one attached hydrogen (secondary N) is 1. The van der Waals surface area contributed by atoms with E-state index in [1.165, 1.54) is 0 Å². The number of nitro groups is 1. The minimum absolute atomic E-state index is 0.0107. The maximum Gasteiger partial charge on any atom is 0.260 e. The lowest BCUT2D eigenvalue weighted by atomic mass is 9.73. The molecule has 3 aromatic carbocycles. The molecule has 1 amide bonds. The molecule has 30 heavy (non-hydrogen) atoms. The first-order chi connectivity index (χ1) is 14.5. The van der Waals surface area contributed by atoms with Crippen molar-refractivity contribution in [2.75, 3.05) is 0 Å². The van der Waals surface area contributed by atoms with Crippen molar-refractivity contribution in [3.63, 3.8) is 0 Å². The molecule has 0 saturated carbocycles. The molecule has 0 saturated heterocycles. The first-order valence-corrected chi connectivity index (χ1v) is 9.67. The number of rotatable bonds is 6. The molecule has 3 aromatic rings. The summed E-state index contributed by atoms with van der Waals surface area (Å²) >= 11 is 0. The number of hydrogen-bond donors (Lipinski definition) is 1. The molecule has 0 aromatic heterocycles. The van der Waals surface area contributed by atoms with E-state index in [0.29, 0.717) is 16.7 Å². The number of amides is 1. The fourth-order valence-corrected chi connectivity index (χ4v) is 4.20. The fourth-order valence-electron chi connectivity index (χ4n) is 4.20. The van der Waals surface area contributed by atoms with Gasteiger partial charge >= 0.3 is 0 Å². The van der Waals surface area contributed by atoms with Crippen LogP contribution in [0.15, 0.2) is 84.9 Å². The van der Waals surface area contributed by atoms with Crippen LogP contribution in [0, 0.1) is 15.5 Å². The molecule has 2 atom stereocenters. The van der Waals surface area contributed by atoms with Crippen LogP contribution in [0.1, 0.15) is 33.1 Å². The lowest BCUT2D eigenvalue weighted by Crippen LogP contribution is -2.51. The third-order valence-electron chi connectivity index (χ3n) is 5.63. The molecule has 0 fully saturated rings. The Morgan fingerprint density at radius 2 is 1.57 bits per heavy atom. The van der Waals surface area contributed by atoms with Gasteiger partial charge in [0.1, 0.15) is 0 Å². The van der Waals surface area contributed by atoms with Crippen molar-refractivity contribution in [1.82, 2.24) is 5.32 Å². The minimum Gasteiger partial charge on any atom is -0.351 e. The Kier molecular flexibility index (Phi) is 5.14. The highest BCUT2D eigenvalue weighted by molar-refractivity contribution is 6.17. The quantitative estimate of drug-likeness (QED) is 0.388. The number of carbonyl (C=O) groups excluding carboxylic acids is 2. The van der Waals surface area contributed by atoms with Gasteiger partial charge in [0.25, 0.3) is 6.04 Å². The number of benzene rings is 3. The van der Waals surface area contributed by atoms with E-state index in [4.69, 9.17) is 0 Å². The van der Waals surface area contributed by atoms with Crippen molar-refractivity contribution in [1.29, 1.82) is 0 Å². The van der Waals surface area contributed by atoms with Crippen LogP contribution in [0.5, 0.6) is 0 Å². The molecule has 6 nitrogen and oxygen atoms in total. The maximum atomic E-state index is 13.5. The van der Waals surface area contributed by atoms with Gasteiger partial charge in [-0.25, -0.2) is 0 Å². The third-order valence-corrected chi connectivity index (χ3v) is 5.63. The molecular weight excluding hydrogens is 380 g/mol. The normalized spacial score (nSPS) is 18.5. The molecule has 150 valence electrons. The Hall–Kier alpha value is -3.80. The molecular formula is C24H20N2O4. The van der Waals surface area contributed by atoms with Gasteiger partial charge in [-0.05, 0) is 11.1 Å². The number of hydrogen-bond acceptors (Lipinski definition) is 4. The van der Waals surface area contributed by atoms with Gasteiger partial charge in [0.05, 0.1) is 0 Å². The predicted molar refractivity (Wildman–Crippen MR) is 111 cm³/mol. The van der Waals surface area contributed by atoms with E-state index in [1.807, 2.05) is 30.3 Å². The second-order valence-corrected chi connectivity index (χ2v) is 7.40. The van der Waals surface area contributed by atoms with Crippen molar-refractivity contribution in [2.45, 2.75) is 19.0 Å². The van der Waals surface area contributed by atoms with Crippen molar-refractivity contribution in [3.8, 4) is 0 Å². The van der Waals surface area contributed by atoms with E-state index in [1.54, 1.807) is 54.6 Å². The van der Waals surface area contributed by atoms with E-state index >= 15 is 0 Å². The number of fused-ring (bicyclic) bond motifs is 1.